The Morgan fingerprint density at radius 2 is 1.86 bits per heavy atom. The Labute approximate surface area is 133 Å². The van der Waals surface area contributed by atoms with Crippen LogP contribution in [0.1, 0.15) is 29.6 Å². The van der Waals surface area contributed by atoms with Gasteiger partial charge in [-0.05, 0) is 40.0 Å². The summed E-state index contributed by atoms with van der Waals surface area (Å²) in [6.07, 6.45) is 3.79. The number of Topliss-reactive ketones (excluding diaryl/α,β-unsaturated/α-hetero) is 1. The number of nitrogens with zero attached hydrogens (tertiary/aromatic N) is 2. The molecule has 0 spiro atoms. The fourth-order valence-electron chi connectivity index (χ4n) is 3.06. The SMILES string of the molecule is C=C=C(CN1CCCCC1)C(C(=O)c1ccccc1)N(C)C. The largest absolute Gasteiger partial charge is 0.299 e. The van der Waals surface area contributed by atoms with Crippen LogP contribution in [0.25, 0.3) is 0 Å². The Morgan fingerprint density at radius 3 is 2.41 bits per heavy atom. The van der Waals surface area contributed by atoms with Gasteiger partial charge in [-0.1, -0.05) is 43.3 Å². The van der Waals surface area contributed by atoms with Gasteiger partial charge in [0.1, 0.15) is 6.04 Å². The summed E-state index contributed by atoms with van der Waals surface area (Å²) in [6.45, 7) is 6.83. The van der Waals surface area contributed by atoms with Crippen LogP contribution in [0.15, 0.2) is 48.2 Å². The maximum atomic E-state index is 12.9. The number of hydrogen-bond donors (Lipinski definition) is 0. The summed E-state index contributed by atoms with van der Waals surface area (Å²) < 4.78 is 0. The minimum atomic E-state index is -0.290. The van der Waals surface area contributed by atoms with Gasteiger partial charge in [0.2, 0.25) is 0 Å². The first-order valence-electron chi connectivity index (χ1n) is 8.00. The molecule has 0 amide bonds. The van der Waals surface area contributed by atoms with Gasteiger partial charge in [-0.25, -0.2) is 0 Å². The number of benzene rings is 1. The quantitative estimate of drug-likeness (QED) is 0.596. The van der Waals surface area contributed by atoms with Crippen LogP contribution in [0, 0.1) is 0 Å². The molecular weight excluding hydrogens is 272 g/mol. The molecule has 1 aliphatic rings. The normalized spacial score (nSPS) is 17.0. The van der Waals surface area contributed by atoms with E-state index in [2.05, 4.69) is 17.2 Å². The number of ketones is 1. The minimum absolute atomic E-state index is 0.119. The molecule has 1 saturated heterocycles. The molecule has 118 valence electrons. The van der Waals surface area contributed by atoms with Crippen molar-refractivity contribution in [1.82, 2.24) is 9.80 Å². The van der Waals surface area contributed by atoms with Crippen LogP contribution in [0.2, 0.25) is 0 Å². The van der Waals surface area contributed by atoms with E-state index in [1.807, 2.05) is 49.3 Å². The molecule has 1 heterocycles. The second-order valence-electron chi connectivity index (χ2n) is 6.14. The highest BCUT2D eigenvalue weighted by molar-refractivity contribution is 6.02. The predicted molar refractivity (Wildman–Crippen MR) is 91.2 cm³/mol. The molecule has 1 aromatic rings. The van der Waals surface area contributed by atoms with E-state index in [0.717, 1.165) is 30.8 Å². The third kappa shape index (κ3) is 4.17. The maximum Gasteiger partial charge on any atom is 0.184 e. The van der Waals surface area contributed by atoms with Crippen LogP contribution in [0.3, 0.4) is 0 Å². The van der Waals surface area contributed by atoms with Crippen LogP contribution in [-0.4, -0.2) is 55.4 Å². The Balaban J connectivity index is 2.18. The molecule has 3 heteroatoms. The zero-order valence-electron chi connectivity index (χ0n) is 13.7. The van der Waals surface area contributed by atoms with Gasteiger partial charge in [0.05, 0.1) is 0 Å². The fraction of sp³-hybridized carbons (Fsp3) is 0.474. The van der Waals surface area contributed by atoms with Crippen molar-refractivity contribution in [2.75, 3.05) is 33.7 Å². The molecule has 1 aromatic carbocycles. The lowest BCUT2D eigenvalue weighted by Gasteiger charge is -2.31. The monoisotopic (exact) mass is 298 g/mol. The molecule has 22 heavy (non-hydrogen) atoms. The lowest BCUT2D eigenvalue weighted by Crippen LogP contribution is -2.42. The molecular formula is C19H26N2O. The molecule has 1 fully saturated rings. The second kappa shape index (κ2) is 8.09. The fourth-order valence-corrected chi connectivity index (χ4v) is 3.06. The average Bonchev–Trinajstić information content (AvgIpc) is 2.55. The number of carbonyl (C=O) groups excluding carboxylic acids is 1. The van der Waals surface area contributed by atoms with Gasteiger partial charge < -0.3 is 0 Å². The highest BCUT2D eigenvalue weighted by Crippen LogP contribution is 2.17. The topological polar surface area (TPSA) is 23.6 Å². The lowest BCUT2D eigenvalue weighted by molar-refractivity contribution is 0.0895. The smallest absolute Gasteiger partial charge is 0.184 e. The van der Waals surface area contributed by atoms with Gasteiger partial charge >= 0.3 is 0 Å². The zero-order valence-corrected chi connectivity index (χ0v) is 13.7. The zero-order chi connectivity index (χ0) is 15.9. The molecule has 2 rings (SSSR count). The molecule has 1 unspecified atom stereocenters. The van der Waals surface area contributed by atoms with E-state index in [9.17, 15) is 4.79 Å². The van der Waals surface area contributed by atoms with Gasteiger partial charge in [0, 0.05) is 17.7 Å². The molecule has 1 aliphatic heterocycles. The van der Waals surface area contributed by atoms with E-state index in [1.165, 1.54) is 19.3 Å². The van der Waals surface area contributed by atoms with Crippen LogP contribution < -0.4 is 0 Å². The van der Waals surface area contributed by atoms with Gasteiger partial charge in [-0.2, -0.15) is 0 Å². The first-order chi connectivity index (χ1) is 10.6. The number of rotatable bonds is 6. The van der Waals surface area contributed by atoms with Crippen LogP contribution in [0.4, 0.5) is 0 Å². The third-order valence-corrected chi connectivity index (χ3v) is 4.22. The van der Waals surface area contributed by atoms with E-state index >= 15 is 0 Å². The highest BCUT2D eigenvalue weighted by atomic mass is 16.1. The Bertz CT molecular complexity index is 538. The number of piperidine rings is 1. The third-order valence-electron chi connectivity index (χ3n) is 4.22. The summed E-state index contributed by atoms with van der Waals surface area (Å²) in [5.41, 5.74) is 4.76. The van der Waals surface area contributed by atoms with Crippen LogP contribution in [-0.2, 0) is 0 Å². The van der Waals surface area contributed by atoms with E-state index in [-0.39, 0.29) is 11.8 Å². The predicted octanol–water partition coefficient (Wildman–Crippen LogP) is 3.00. The summed E-state index contributed by atoms with van der Waals surface area (Å²) in [5, 5.41) is 0. The molecule has 0 aromatic heterocycles. The summed E-state index contributed by atoms with van der Waals surface area (Å²) in [7, 11) is 3.89. The summed E-state index contributed by atoms with van der Waals surface area (Å²) in [4.78, 5) is 17.3. The van der Waals surface area contributed by atoms with Crippen molar-refractivity contribution in [3.8, 4) is 0 Å². The van der Waals surface area contributed by atoms with Crippen molar-refractivity contribution in [2.24, 2.45) is 0 Å². The van der Waals surface area contributed by atoms with Crippen molar-refractivity contribution >= 4 is 5.78 Å². The van der Waals surface area contributed by atoms with Crippen LogP contribution >= 0.6 is 0 Å². The van der Waals surface area contributed by atoms with Gasteiger partial charge in [0.25, 0.3) is 0 Å². The Morgan fingerprint density at radius 1 is 1.23 bits per heavy atom. The summed E-state index contributed by atoms with van der Waals surface area (Å²) >= 11 is 0. The molecule has 0 saturated carbocycles. The molecule has 0 N–H and O–H groups in total. The van der Waals surface area contributed by atoms with Crippen molar-refractivity contribution in [1.29, 1.82) is 0 Å². The van der Waals surface area contributed by atoms with Gasteiger partial charge in [0.15, 0.2) is 5.78 Å². The Kier molecular flexibility index (Phi) is 6.14. The van der Waals surface area contributed by atoms with Gasteiger partial charge in [-0.15, -0.1) is 5.73 Å². The molecule has 0 aliphatic carbocycles. The Hall–Kier alpha value is -1.67. The van der Waals surface area contributed by atoms with Crippen molar-refractivity contribution in [2.45, 2.75) is 25.3 Å². The highest BCUT2D eigenvalue weighted by Gasteiger charge is 2.27. The molecule has 3 nitrogen and oxygen atoms in total. The van der Waals surface area contributed by atoms with Crippen molar-refractivity contribution in [3.05, 3.63) is 53.8 Å². The van der Waals surface area contributed by atoms with Crippen LogP contribution in [0.5, 0.6) is 0 Å². The first-order valence-corrected chi connectivity index (χ1v) is 8.00. The van der Waals surface area contributed by atoms with E-state index < -0.39 is 0 Å². The number of hydrogen-bond acceptors (Lipinski definition) is 3. The van der Waals surface area contributed by atoms with E-state index in [0.29, 0.717) is 0 Å². The van der Waals surface area contributed by atoms with Crippen molar-refractivity contribution < 1.29 is 4.79 Å². The minimum Gasteiger partial charge on any atom is -0.299 e. The van der Waals surface area contributed by atoms with Crippen molar-refractivity contribution in [3.63, 3.8) is 0 Å². The van der Waals surface area contributed by atoms with E-state index in [1.54, 1.807) is 0 Å². The maximum absolute atomic E-state index is 12.9. The molecule has 0 bridgehead atoms. The summed E-state index contributed by atoms with van der Waals surface area (Å²) in [6, 6.07) is 9.20. The first kappa shape index (κ1) is 16.7. The molecule has 1 atom stereocenters. The van der Waals surface area contributed by atoms with Gasteiger partial charge in [-0.3, -0.25) is 14.6 Å². The lowest BCUT2D eigenvalue weighted by atomic mass is 9.96. The van der Waals surface area contributed by atoms with E-state index in [4.69, 9.17) is 0 Å². The standard InChI is InChI=1S/C19H26N2O/c1-4-16(15-21-13-9-6-10-14-21)18(20(2)3)19(22)17-11-7-5-8-12-17/h5,7-8,11-12,18H,1,6,9-10,13-15H2,2-3H3. The number of likely N-dealkylation sites (N-methyl/N-ethyl adjacent to an activating group) is 1. The number of carbonyl (C=O) groups is 1. The molecule has 0 radical (unpaired) electrons. The second-order valence-corrected chi connectivity index (χ2v) is 6.14. The average molecular weight is 298 g/mol. The summed E-state index contributed by atoms with van der Waals surface area (Å²) in [5.74, 6) is 0.119. The number of likely N-dealkylation sites (tertiary alicyclic amines) is 1.